The van der Waals surface area contributed by atoms with Crippen LogP contribution in [0.1, 0.15) is 29.7 Å². The monoisotopic (exact) mass is 457 g/mol. The van der Waals surface area contributed by atoms with Crippen molar-refractivity contribution in [2.45, 2.75) is 36.1 Å². The second-order valence-electron chi connectivity index (χ2n) is 7.92. The Hall–Kier alpha value is -2.77. The predicted octanol–water partition coefficient (Wildman–Crippen LogP) is 5.88. The zero-order chi connectivity index (χ0) is 22.9. The van der Waals surface area contributed by atoms with Gasteiger partial charge in [0.05, 0.1) is 18.2 Å². The highest BCUT2D eigenvalue weighted by Crippen LogP contribution is 2.47. The third kappa shape index (κ3) is 4.27. The summed E-state index contributed by atoms with van der Waals surface area (Å²) in [5, 5.41) is 10.1. The molecule has 4 rings (SSSR count). The first-order chi connectivity index (χ1) is 15.2. The molecule has 3 aromatic carbocycles. The molecule has 0 aliphatic carbocycles. The molecule has 0 radical (unpaired) electrons. The molecule has 1 aliphatic rings. The fourth-order valence-corrected chi connectivity index (χ4v) is 4.99. The van der Waals surface area contributed by atoms with Crippen LogP contribution in [0.15, 0.2) is 83.8 Å². The summed E-state index contributed by atoms with van der Waals surface area (Å²) in [7, 11) is 0. The van der Waals surface area contributed by atoms with Gasteiger partial charge in [0.1, 0.15) is 0 Å². The molecule has 1 N–H and O–H groups in total. The van der Waals surface area contributed by atoms with E-state index < -0.39 is 11.8 Å². The highest BCUT2D eigenvalue weighted by Gasteiger charge is 2.51. The summed E-state index contributed by atoms with van der Waals surface area (Å²) in [6, 6.07) is 22.8. The molecule has 1 aliphatic heterocycles. The molecule has 3 nitrogen and oxygen atoms in total. The van der Waals surface area contributed by atoms with Gasteiger partial charge in [-0.3, -0.25) is 4.79 Å². The number of amides is 1. The number of rotatable bonds is 4. The number of halogens is 3. The van der Waals surface area contributed by atoms with Crippen LogP contribution in [0.25, 0.3) is 0 Å². The Kier molecular flexibility index (Phi) is 6.05. The van der Waals surface area contributed by atoms with Crippen LogP contribution in [0.2, 0.25) is 0 Å². The van der Waals surface area contributed by atoms with Crippen LogP contribution >= 0.6 is 11.8 Å². The van der Waals surface area contributed by atoms with Crippen molar-refractivity contribution in [2.24, 2.45) is 0 Å². The van der Waals surface area contributed by atoms with Crippen LogP contribution < -0.4 is 4.90 Å². The SMILES string of the molecule is CC(O)(c1ccc2c(c1)SCC(c1ccccc1)N2C(=O)Cc1ccccc1)C(F)(F)F. The maximum absolute atomic E-state index is 13.4. The van der Waals surface area contributed by atoms with E-state index in [0.29, 0.717) is 16.3 Å². The van der Waals surface area contributed by atoms with Gasteiger partial charge in [0.25, 0.3) is 0 Å². The molecule has 0 fully saturated rings. The Bertz CT molecular complexity index is 1100. The minimum atomic E-state index is -4.81. The highest BCUT2D eigenvalue weighted by molar-refractivity contribution is 7.99. The molecule has 0 saturated carbocycles. The average Bonchev–Trinajstić information content (AvgIpc) is 2.78. The number of fused-ring (bicyclic) bond motifs is 1. The molecular formula is C25H22F3NO2S. The van der Waals surface area contributed by atoms with Crippen molar-refractivity contribution >= 4 is 23.4 Å². The van der Waals surface area contributed by atoms with Crippen LogP contribution in [-0.2, 0) is 16.8 Å². The lowest BCUT2D eigenvalue weighted by Crippen LogP contribution is -2.41. The van der Waals surface area contributed by atoms with Crippen LogP contribution in [0.3, 0.4) is 0 Å². The van der Waals surface area contributed by atoms with Crippen molar-refractivity contribution in [2.75, 3.05) is 10.7 Å². The van der Waals surface area contributed by atoms with E-state index in [2.05, 4.69) is 0 Å². The molecule has 166 valence electrons. The number of hydrogen-bond acceptors (Lipinski definition) is 3. The number of carbonyl (C=O) groups excluding carboxylic acids is 1. The topological polar surface area (TPSA) is 40.5 Å². The molecule has 0 saturated heterocycles. The lowest BCUT2D eigenvalue weighted by atomic mass is 9.94. The fraction of sp³-hybridized carbons (Fsp3) is 0.240. The van der Waals surface area contributed by atoms with Crippen LogP contribution in [-0.4, -0.2) is 22.9 Å². The summed E-state index contributed by atoms with van der Waals surface area (Å²) in [4.78, 5) is 15.7. The maximum atomic E-state index is 13.4. The first-order valence-electron chi connectivity index (χ1n) is 10.2. The number of nitrogens with zero attached hydrogens (tertiary/aromatic N) is 1. The number of thioether (sulfide) groups is 1. The van der Waals surface area contributed by atoms with Gasteiger partial charge in [-0.2, -0.15) is 13.2 Å². The Balaban J connectivity index is 1.75. The predicted molar refractivity (Wildman–Crippen MR) is 120 cm³/mol. The van der Waals surface area contributed by atoms with E-state index in [-0.39, 0.29) is 23.9 Å². The van der Waals surface area contributed by atoms with Gasteiger partial charge in [0.2, 0.25) is 5.91 Å². The molecule has 3 aromatic rings. The number of hydrogen-bond donors (Lipinski definition) is 1. The molecule has 2 unspecified atom stereocenters. The molecule has 1 amide bonds. The summed E-state index contributed by atoms with van der Waals surface area (Å²) in [6.07, 6.45) is -4.63. The van der Waals surface area contributed by atoms with E-state index in [0.717, 1.165) is 18.1 Å². The normalized spacial score (nSPS) is 18.0. The number of anilines is 1. The quantitative estimate of drug-likeness (QED) is 0.532. The largest absolute Gasteiger partial charge is 0.421 e. The second-order valence-corrected chi connectivity index (χ2v) is 8.98. The summed E-state index contributed by atoms with van der Waals surface area (Å²) in [6.45, 7) is 0.743. The van der Waals surface area contributed by atoms with E-state index in [1.807, 2.05) is 60.7 Å². The van der Waals surface area contributed by atoms with Crippen molar-refractivity contribution in [3.63, 3.8) is 0 Å². The summed E-state index contributed by atoms with van der Waals surface area (Å²) in [5.74, 6) is 0.358. The Morgan fingerprint density at radius 3 is 2.28 bits per heavy atom. The van der Waals surface area contributed by atoms with Crippen molar-refractivity contribution in [3.8, 4) is 0 Å². The summed E-state index contributed by atoms with van der Waals surface area (Å²) in [5.41, 5.74) is -0.848. The Labute approximate surface area is 188 Å². The third-order valence-corrected chi connectivity index (χ3v) is 6.81. The summed E-state index contributed by atoms with van der Waals surface area (Å²) >= 11 is 1.39. The van der Waals surface area contributed by atoms with Gasteiger partial charge in [0.15, 0.2) is 5.60 Å². The van der Waals surface area contributed by atoms with Crippen LogP contribution in [0.4, 0.5) is 18.9 Å². The van der Waals surface area contributed by atoms with E-state index >= 15 is 0 Å². The van der Waals surface area contributed by atoms with Gasteiger partial charge in [0, 0.05) is 10.6 Å². The molecule has 0 aromatic heterocycles. The standard InChI is InChI=1S/C25H22F3NO2S/c1-24(31,25(26,27)28)19-12-13-20-22(15-19)32-16-21(18-10-6-3-7-11-18)29(20)23(30)14-17-8-4-2-5-9-17/h2-13,15,21,31H,14,16H2,1H3. The molecule has 0 bridgehead atoms. The number of carbonyl (C=O) groups is 1. The second kappa shape index (κ2) is 8.64. The van der Waals surface area contributed by atoms with E-state index in [9.17, 15) is 23.1 Å². The first kappa shape index (κ1) is 22.4. The van der Waals surface area contributed by atoms with Gasteiger partial charge in [-0.25, -0.2) is 0 Å². The Morgan fingerprint density at radius 2 is 1.66 bits per heavy atom. The minimum Gasteiger partial charge on any atom is -0.376 e. The minimum absolute atomic E-state index is 0.137. The van der Waals surface area contributed by atoms with Crippen molar-refractivity contribution in [1.29, 1.82) is 0 Å². The van der Waals surface area contributed by atoms with Crippen molar-refractivity contribution in [3.05, 3.63) is 95.6 Å². The Morgan fingerprint density at radius 1 is 1.03 bits per heavy atom. The van der Waals surface area contributed by atoms with Crippen LogP contribution in [0.5, 0.6) is 0 Å². The molecule has 0 spiro atoms. The van der Waals surface area contributed by atoms with E-state index in [1.54, 1.807) is 4.90 Å². The van der Waals surface area contributed by atoms with E-state index in [1.165, 1.54) is 30.0 Å². The van der Waals surface area contributed by atoms with Crippen molar-refractivity contribution in [1.82, 2.24) is 0 Å². The molecule has 7 heteroatoms. The third-order valence-electron chi connectivity index (χ3n) is 5.69. The van der Waals surface area contributed by atoms with Gasteiger partial charge in [-0.15, -0.1) is 11.8 Å². The van der Waals surface area contributed by atoms with Crippen LogP contribution in [0, 0.1) is 0 Å². The lowest BCUT2D eigenvalue weighted by Gasteiger charge is -2.38. The van der Waals surface area contributed by atoms with Gasteiger partial charge >= 0.3 is 6.18 Å². The molecule has 32 heavy (non-hydrogen) atoms. The molecule has 1 heterocycles. The van der Waals surface area contributed by atoms with Gasteiger partial charge < -0.3 is 10.0 Å². The lowest BCUT2D eigenvalue weighted by molar-refractivity contribution is -0.258. The van der Waals surface area contributed by atoms with Gasteiger partial charge in [-0.05, 0) is 35.7 Å². The highest BCUT2D eigenvalue weighted by atomic mass is 32.2. The smallest absolute Gasteiger partial charge is 0.376 e. The number of aliphatic hydroxyl groups is 1. The first-order valence-corrected chi connectivity index (χ1v) is 11.1. The van der Waals surface area contributed by atoms with Gasteiger partial charge in [-0.1, -0.05) is 66.7 Å². The molecule has 2 atom stereocenters. The summed E-state index contributed by atoms with van der Waals surface area (Å²) < 4.78 is 40.1. The number of alkyl halides is 3. The molecular weight excluding hydrogens is 435 g/mol. The number of benzene rings is 3. The maximum Gasteiger partial charge on any atom is 0.421 e. The van der Waals surface area contributed by atoms with E-state index in [4.69, 9.17) is 0 Å². The zero-order valence-corrected chi connectivity index (χ0v) is 18.2. The zero-order valence-electron chi connectivity index (χ0n) is 17.3. The fourth-order valence-electron chi connectivity index (χ4n) is 3.79. The van der Waals surface area contributed by atoms with Crippen molar-refractivity contribution < 1.29 is 23.1 Å². The average molecular weight is 458 g/mol.